The van der Waals surface area contributed by atoms with E-state index in [2.05, 4.69) is 12.2 Å². The van der Waals surface area contributed by atoms with Gasteiger partial charge >= 0.3 is 0 Å². The Balaban J connectivity index is 2.06. The standard InChI is InChI=1S/C13H25NO2/c1-3-4-5-6-7-8-13(15)12-9-11(16-2)10-14-12/h11-12,14H,3-10H2,1-2H3. The minimum atomic E-state index is 0.0520. The van der Waals surface area contributed by atoms with Gasteiger partial charge in [0.2, 0.25) is 0 Å². The molecule has 0 aliphatic carbocycles. The highest BCUT2D eigenvalue weighted by atomic mass is 16.5. The summed E-state index contributed by atoms with van der Waals surface area (Å²) < 4.78 is 5.23. The van der Waals surface area contributed by atoms with Gasteiger partial charge in [0, 0.05) is 20.1 Å². The molecule has 1 rings (SSSR count). The zero-order chi connectivity index (χ0) is 11.8. The average Bonchev–Trinajstić information content (AvgIpc) is 2.77. The lowest BCUT2D eigenvalue weighted by Crippen LogP contribution is -2.30. The van der Waals surface area contributed by atoms with E-state index in [-0.39, 0.29) is 12.1 Å². The van der Waals surface area contributed by atoms with Gasteiger partial charge in [-0.15, -0.1) is 0 Å². The van der Waals surface area contributed by atoms with Gasteiger partial charge in [-0.25, -0.2) is 0 Å². The maximum absolute atomic E-state index is 11.8. The minimum absolute atomic E-state index is 0.0520. The molecule has 2 unspecified atom stereocenters. The number of carbonyl (C=O) groups excluding carboxylic acids is 1. The molecule has 0 aromatic heterocycles. The molecule has 1 N–H and O–H groups in total. The van der Waals surface area contributed by atoms with E-state index in [0.717, 1.165) is 25.8 Å². The molecule has 0 aromatic carbocycles. The van der Waals surface area contributed by atoms with Crippen molar-refractivity contribution in [3.05, 3.63) is 0 Å². The molecule has 1 aliphatic rings. The molecule has 0 radical (unpaired) electrons. The maximum Gasteiger partial charge on any atom is 0.149 e. The largest absolute Gasteiger partial charge is 0.380 e. The maximum atomic E-state index is 11.8. The van der Waals surface area contributed by atoms with E-state index in [1.54, 1.807) is 7.11 Å². The van der Waals surface area contributed by atoms with Crippen molar-refractivity contribution in [2.24, 2.45) is 0 Å². The number of unbranched alkanes of at least 4 members (excludes halogenated alkanes) is 4. The van der Waals surface area contributed by atoms with E-state index in [0.29, 0.717) is 5.78 Å². The molecule has 1 saturated heterocycles. The van der Waals surface area contributed by atoms with Crippen molar-refractivity contribution in [2.75, 3.05) is 13.7 Å². The van der Waals surface area contributed by atoms with E-state index in [1.807, 2.05) is 0 Å². The molecule has 0 spiro atoms. The summed E-state index contributed by atoms with van der Waals surface area (Å²) in [5, 5.41) is 3.23. The van der Waals surface area contributed by atoms with Crippen molar-refractivity contribution >= 4 is 5.78 Å². The van der Waals surface area contributed by atoms with E-state index in [4.69, 9.17) is 4.74 Å². The summed E-state index contributed by atoms with van der Waals surface area (Å²) in [6.07, 6.45) is 7.88. The van der Waals surface area contributed by atoms with Crippen LogP contribution in [0.5, 0.6) is 0 Å². The second-order valence-corrected chi connectivity index (χ2v) is 4.68. The van der Waals surface area contributed by atoms with Crippen molar-refractivity contribution in [1.29, 1.82) is 0 Å². The SMILES string of the molecule is CCCCCCCC(=O)C1CC(OC)CN1. The van der Waals surface area contributed by atoms with Gasteiger partial charge in [-0.05, 0) is 12.8 Å². The number of Topliss-reactive ketones (excluding diaryl/α,β-unsaturated/α-hetero) is 1. The van der Waals surface area contributed by atoms with Gasteiger partial charge in [0.05, 0.1) is 12.1 Å². The van der Waals surface area contributed by atoms with Crippen molar-refractivity contribution in [3.63, 3.8) is 0 Å². The first-order valence-corrected chi connectivity index (χ1v) is 6.56. The Morgan fingerprint density at radius 2 is 2.06 bits per heavy atom. The second kappa shape index (κ2) is 7.80. The molecule has 2 atom stereocenters. The number of hydrogen-bond donors (Lipinski definition) is 1. The summed E-state index contributed by atoms with van der Waals surface area (Å²) in [6, 6.07) is 0.0520. The van der Waals surface area contributed by atoms with Gasteiger partial charge in [-0.2, -0.15) is 0 Å². The molecule has 94 valence electrons. The summed E-state index contributed by atoms with van der Waals surface area (Å²) >= 11 is 0. The van der Waals surface area contributed by atoms with Gasteiger partial charge in [0.15, 0.2) is 0 Å². The van der Waals surface area contributed by atoms with Crippen LogP contribution in [-0.4, -0.2) is 31.6 Å². The molecule has 3 nitrogen and oxygen atoms in total. The Labute approximate surface area is 98.9 Å². The molecule has 1 aliphatic heterocycles. The van der Waals surface area contributed by atoms with Crippen molar-refractivity contribution in [2.45, 2.75) is 64.0 Å². The Kier molecular flexibility index (Phi) is 6.65. The molecule has 0 saturated carbocycles. The fourth-order valence-electron chi connectivity index (χ4n) is 2.21. The lowest BCUT2D eigenvalue weighted by Gasteiger charge is -2.08. The zero-order valence-corrected chi connectivity index (χ0v) is 10.6. The Morgan fingerprint density at radius 1 is 1.31 bits per heavy atom. The number of hydrogen-bond acceptors (Lipinski definition) is 3. The Bertz CT molecular complexity index is 206. The van der Waals surface area contributed by atoms with Gasteiger partial charge in [-0.3, -0.25) is 4.79 Å². The summed E-state index contributed by atoms with van der Waals surface area (Å²) in [7, 11) is 1.71. The average molecular weight is 227 g/mol. The predicted molar refractivity (Wildman–Crippen MR) is 65.6 cm³/mol. The molecule has 3 heteroatoms. The molecule has 16 heavy (non-hydrogen) atoms. The smallest absolute Gasteiger partial charge is 0.149 e. The number of rotatable bonds is 8. The summed E-state index contributed by atoms with van der Waals surface area (Å²) in [6.45, 7) is 3.03. The highest BCUT2D eigenvalue weighted by Gasteiger charge is 2.28. The van der Waals surface area contributed by atoms with Crippen LogP contribution in [0.3, 0.4) is 0 Å². The van der Waals surface area contributed by atoms with Crippen LogP contribution >= 0.6 is 0 Å². The number of ether oxygens (including phenoxy) is 1. The first-order chi connectivity index (χ1) is 7.77. The van der Waals surface area contributed by atoms with Gasteiger partial charge in [-0.1, -0.05) is 32.6 Å². The van der Waals surface area contributed by atoms with E-state index < -0.39 is 0 Å². The lowest BCUT2D eigenvalue weighted by molar-refractivity contribution is -0.121. The van der Waals surface area contributed by atoms with E-state index in [1.165, 1.54) is 25.7 Å². The third kappa shape index (κ3) is 4.62. The fraction of sp³-hybridized carbons (Fsp3) is 0.923. The lowest BCUT2D eigenvalue weighted by atomic mass is 10.0. The number of nitrogens with one attached hydrogen (secondary N) is 1. The molecule has 0 bridgehead atoms. The fourth-order valence-corrected chi connectivity index (χ4v) is 2.21. The van der Waals surface area contributed by atoms with Gasteiger partial charge < -0.3 is 10.1 Å². The minimum Gasteiger partial charge on any atom is -0.380 e. The topological polar surface area (TPSA) is 38.3 Å². The molecular weight excluding hydrogens is 202 g/mol. The van der Waals surface area contributed by atoms with Crippen LogP contribution in [0.15, 0.2) is 0 Å². The third-order valence-electron chi connectivity index (χ3n) is 3.34. The number of carbonyl (C=O) groups is 1. The van der Waals surface area contributed by atoms with Crippen molar-refractivity contribution in [3.8, 4) is 0 Å². The van der Waals surface area contributed by atoms with Crippen LogP contribution in [0.1, 0.15) is 51.9 Å². The van der Waals surface area contributed by atoms with Crippen LogP contribution in [-0.2, 0) is 9.53 Å². The van der Waals surface area contributed by atoms with E-state index in [9.17, 15) is 4.79 Å². The first-order valence-electron chi connectivity index (χ1n) is 6.56. The summed E-state index contributed by atoms with van der Waals surface area (Å²) in [4.78, 5) is 11.8. The van der Waals surface area contributed by atoms with Crippen LogP contribution < -0.4 is 5.32 Å². The quantitative estimate of drug-likeness (QED) is 0.647. The Hall–Kier alpha value is -0.410. The Morgan fingerprint density at radius 3 is 2.69 bits per heavy atom. The highest BCUT2D eigenvalue weighted by molar-refractivity contribution is 5.84. The monoisotopic (exact) mass is 227 g/mol. The van der Waals surface area contributed by atoms with Crippen LogP contribution in [0.2, 0.25) is 0 Å². The summed E-state index contributed by atoms with van der Waals surface area (Å²) in [5.41, 5.74) is 0. The van der Waals surface area contributed by atoms with Gasteiger partial charge in [0.1, 0.15) is 5.78 Å². The first kappa shape index (κ1) is 13.7. The molecule has 1 fully saturated rings. The molecule has 0 aromatic rings. The molecule has 1 heterocycles. The zero-order valence-electron chi connectivity index (χ0n) is 10.6. The van der Waals surface area contributed by atoms with Crippen molar-refractivity contribution in [1.82, 2.24) is 5.32 Å². The normalized spacial score (nSPS) is 24.9. The second-order valence-electron chi connectivity index (χ2n) is 4.68. The van der Waals surface area contributed by atoms with Crippen LogP contribution in [0, 0.1) is 0 Å². The molecule has 0 amide bonds. The van der Waals surface area contributed by atoms with Crippen LogP contribution in [0.25, 0.3) is 0 Å². The third-order valence-corrected chi connectivity index (χ3v) is 3.34. The predicted octanol–water partition coefficient (Wildman–Crippen LogP) is 2.29. The number of methoxy groups -OCH3 is 1. The molecular formula is C13H25NO2. The van der Waals surface area contributed by atoms with Crippen molar-refractivity contribution < 1.29 is 9.53 Å². The van der Waals surface area contributed by atoms with Crippen LogP contribution in [0.4, 0.5) is 0 Å². The van der Waals surface area contributed by atoms with E-state index >= 15 is 0 Å². The van der Waals surface area contributed by atoms with Gasteiger partial charge in [0.25, 0.3) is 0 Å². The number of ketones is 1. The highest BCUT2D eigenvalue weighted by Crippen LogP contribution is 2.14. The summed E-state index contributed by atoms with van der Waals surface area (Å²) in [5.74, 6) is 0.371.